The molecule has 4 aliphatic rings. The average molecular weight is 336 g/mol. The maximum atomic E-state index is 12.8. The van der Waals surface area contributed by atoms with Crippen LogP contribution in [0.3, 0.4) is 0 Å². The van der Waals surface area contributed by atoms with E-state index in [1.807, 2.05) is 0 Å². The number of aliphatic hydroxyl groups excluding tert-OH is 2. The van der Waals surface area contributed by atoms with Crippen molar-refractivity contribution < 1.29 is 19.7 Å². The lowest BCUT2D eigenvalue weighted by Crippen LogP contribution is -2.58. The van der Waals surface area contributed by atoms with Gasteiger partial charge >= 0.3 is 0 Å². The van der Waals surface area contributed by atoms with Crippen molar-refractivity contribution in [1.82, 2.24) is 0 Å². The number of fused-ring (bicyclic) bond motifs is 5. The zero-order chi connectivity index (χ0) is 17.3. The number of aliphatic hydroxyl groups is 2. The van der Waals surface area contributed by atoms with E-state index in [0.717, 1.165) is 44.9 Å². The van der Waals surface area contributed by atoms with Crippen LogP contribution in [0.2, 0.25) is 0 Å². The number of ether oxygens (including phenoxy) is 1. The monoisotopic (exact) mass is 336 g/mol. The van der Waals surface area contributed by atoms with Gasteiger partial charge in [0, 0.05) is 12.5 Å². The number of hydrogen-bond donors (Lipinski definition) is 2. The standard InChI is InChI=1S/C20H32O4/c1-19-6-4-12(21)8-11(19)9-15(22)17-13(19)5-7-20(2)14(17)10-16(24-3)18(20)23/h11-17,21-22H,4-10H2,1-3H3/t11?,12?,13-,14+,15?,16?,17-,19+,20+/m1/s1. The second kappa shape index (κ2) is 5.52. The number of Topliss-reactive ketones (excluding diaryl/α,β-unsaturated/α-hetero) is 1. The topological polar surface area (TPSA) is 66.8 Å². The molecule has 0 aromatic carbocycles. The predicted octanol–water partition coefficient (Wildman–Crippen LogP) is 2.55. The summed E-state index contributed by atoms with van der Waals surface area (Å²) in [7, 11) is 1.64. The predicted molar refractivity (Wildman–Crippen MR) is 90.3 cm³/mol. The Morgan fingerprint density at radius 2 is 1.79 bits per heavy atom. The van der Waals surface area contributed by atoms with Crippen molar-refractivity contribution in [3.05, 3.63) is 0 Å². The molecule has 4 nitrogen and oxygen atoms in total. The van der Waals surface area contributed by atoms with Crippen LogP contribution in [0.1, 0.15) is 58.8 Å². The third-order valence-corrected chi connectivity index (χ3v) is 8.65. The normalized spacial score (nSPS) is 57.2. The zero-order valence-corrected chi connectivity index (χ0v) is 15.2. The van der Waals surface area contributed by atoms with Crippen LogP contribution in [0.4, 0.5) is 0 Å². The molecule has 0 saturated heterocycles. The van der Waals surface area contributed by atoms with Gasteiger partial charge in [-0.3, -0.25) is 4.79 Å². The maximum Gasteiger partial charge on any atom is 0.167 e. The van der Waals surface area contributed by atoms with Gasteiger partial charge in [-0.25, -0.2) is 0 Å². The van der Waals surface area contributed by atoms with E-state index in [9.17, 15) is 15.0 Å². The van der Waals surface area contributed by atoms with Crippen LogP contribution >= 0.6 is 0 Å². The van der Waals surface area contributed by atoms with Gasteiger partial charge in [0.2, 0.25) is 0 Å². The van der Waals surface area contributed by atoms with Gasteiger partial charge in [0.1, 0.15) is 6.10 Å². The summed E-state index contributed by atoms with van der Waals surface area (Å²) >= 11 is 0. The van der Waals surface area contributed by atoms with Crippen molar-refractivity contribution in [3.8, 4) is 0 Å². The Bertz CT molecular complexity index is 534. The van der Waals surface area contributed by atoms with Crippen molar-refractivity contribution >= 4 is 5.78 Å². The quantitative estimate of drug-likeness (QED) is 0.772. The fourth-order valence-corrected chi connectivity index (χ4v) is 7.18. The molecule has 4 rings (SSSR count). The summed E-state index contributed by atoms with van der Waals surface area (Å²) in [5.41, 5.74) is -0.112. The lowest BCUT2D eigenvalue weighted by atomic mass is 9.44. The van der Waals surface area contributed by atoms with Crippen LogP contribution in [0.15, 0.2) is 0 Å². The highest BCUT2D eigenvalue weighted by molar-refractivity contribution is 5.91. The van der Waals surface area contributed by atoms with Crippen LogP contribution < -0.4 is 0 Å². The average Bonchev–Trinajstić information content (AvgIpc) is 2.81. The Balaban J connectivity index is 1.68. The van der Waals surface area contributed by atoms with E-state index in [4.69, 9.17) is 4.74 Å². The summed E-state index contributed by atoms with van der Waals surface area (Å²) in [5, 5.41) is 21.1. The van der Waals surface area contributed by atoms with Gasteiger partial charge in [-0.05, 0) is 74.0 Å². The van der Waals surface area contributed by atoms with E-state index >= 15 is 0 Å². The van der Waals surface area contributed by atoms with Gasteiger partial charge < -0.3 is 14.9 Å². The van der Waals surface area contributed by atoms with Crippen LogP contribution in [0.5, 0.6) is 0 Å². The first-order valence-electron chi connectivity index (χ1n) is 9.74. The van der Waals surface area contributed by atoms with Crippen molar-refractivity contribution in [2.75, 3.05) is 7.11 Å². The van der Waals surface area contributed by atoms with E-state index in [-0.39, 0.29) is 46.8 Å². The Morgan fingerprint density at radius 3 is 2.50 bits per heavy atom. The molecule has 24 heavy (non-hydrogen) atoms. The van der Waals surface area contributed by atoms with Crippen molar-refractivity contribution in [2.45, 2.75) is 77.1 Å². The highest BCUT2D eigenvalue weighted by atomic mass is 16.5. The Hall–Kier alpha value is -0.450. The van der Waals surface area contributed by atoms with Gasteiger partial charge in [-0.2, -0.15) is 0 Å². The molecule has 2 N–H and O–H groups in total. The SMILES string of the molecule is COC1C[C@H]2[C@@H]3C(O)CC4CC(O)CC[C@]4(C)[C@@H]3CC[C@]2(C)C1=O. The molecule has 4 saturated carbocycles. The number of carbonyl (C=O) groups excluding carboxylic acids is 1. The Morgan fingerprint density at radius 1 is 1.04 bits per heavy atom. The van der Waals surface area contributed by atoms with Gasteiger partial charge in [0.15, 0.2) is 5.78 Å². The molecule has 0 heterocycles. The fourth-order valence-electron chi connectivity index (χ4n) is 7.18. The summed E-state index contributed by atoms with van der Waals surface area (Å²) in [6, 6.07) is 0. The number of rotatable bonds is 1. The first kappa shape index (κ1) is 17.0. The molecule has 136 valence electrons. The second-order valence-corrected chi connectivity index (χ2v) is 9.50. The minimum absolute atomic E-state index is 0.202. The smallest absolute Gasteiger partial charge is 0.167 e. The molecule has 0 radical (unpaired) electrons. The van der Waals surface area contributed by atoms with Crippen LogP contribution in [0.25, 0.3) is 0 Å². The molecular formula is C20H32O4. The second-order valence-electron chi connectivity index (χ2n) is 9.50. The highest BCUT2D eigenvalue weighted by Crippen LogP contribution is 2.65. The fraction of sp³-hybridized carbons (Fsp3) is 0.950. The summed E-state index contributed by atoms with van der Waals surface area (Å²) in [4.78, 5) is 12.8. The van der Waals surface area contributed by atoms with Gasteiger partial charge in [0.05, 0.1) is 12.2 Å². The minimum Gasteiger partial charge on any atom is -0.393 e. The lowest BCUT2D eigenvalue weighted by molar-refractivity contribution is -0.171. The molecule has 0 amide bonds. The Kier molecular flexibility index (Phi) is 3.91. The number of ketones is 1. The molecule has 0 spiro atoms. The summed E-state index contributed by atoms with van der Waals surface area (Å²) in [6.45, 7) is 4.50. The third kappa shape index (κ3) is 2.12. The van der Waals surface area contributed by atoms with Crippen LogP contribution in [-0.2, 0) is 9.53 Å². The van der Waals surface area contributed by atoms with Gasteiger partial charge in [0.25, 0.3) is 0 Å². The summed E-state index contributed by atoms with van der Waals surface area (Å²) < 4.78 is 5.48. The minimum atomic E-state index is -0.341. The number of methoxy groups -OCH3 is 1. The third-order valence-electron chi connectivity index (χ3n) is 8.65. The van der Waals surface area contributed by atoms with Crippen LogP contribution in [0, 0.1) is 34.5 Å². The van der Waals surface area contributed by atoms with Crippen molar-refractivity contribution in [3.63, 3.8) is 0 Å². The van der Waals surface area contributed by atoms with Crippen molar-refractivity contribution in [2.24, 2.45) is 34.5 Å². The summed E-state index contributed by atoms with van der Waals surface area (Å²) in [6.07, 6.45) is 5.45. The van der Waals surface area contributed by atoms with E-state index < -0.39 is 0 Å². The summed E-state index contributed by atoms with van der Waals surface area (Å²) in [5.74, 6) is 1.60. The molecule has 0 aliphatic heterocycles. The molecule has 4 fully saturated rings. The number of carbonyl (C=O) groups is 1. The molecular weight excluding hydrogens is 304 g/mol. The van der Waals surface area contributed by atoms with E-state index in [1.165, 1.54) is 0 Å². The molecule has 0 bridgehead atoms. The van der Waals surface area contributed by atoms with Gasteiger partial charge in [-0.15, -0.1) is 0 Å². The zero-order valence-electron chi connectivity index (χ0n) is 15.2. The Labute approximate surface area is 145 Å². The maximum absolute atomic E-state index is 12.8. The molecule has 4 aliphatic carbocycles. The van der Waals surface area contributed by atoms with E-state index in [0.29, 0.717) is 11.8 Å². The molecule has 0 aromatic heterocycles. The lowest BCUT2D eigenvalue weighted by Gasteiger charge is -2.61. The molecule has 4 unspecified atom stereocenters. The van der Waals surface area contributed by atoms with E-state index in [1.54, 1.807) is 7.11 Å². The number of hydrogen-bond acceptors (Lipinski definition) is 4. The molecule has 9 atom stereocenters. The molecule has 4 heteroatoms. The van der Waals surface area contributed by atoms with Gasteiger partial charge in [-0.1, -0.05) is 13.8 Å². The van der Waals surface area contributed by atoms with E-state index in [2.05, 4.69) is 13.8 Å². The first-order chi connectivity index (χ1) is 11.3. The van der Waals surface area contributed by atoms with Crippen molar-refractivity contribution in [1.29, 1.82) is 0 Å². The highest BCUT2D eigenvalue weighted by Gasteiger charge is 2.64. The largest absolute Gasteiger partial charge is 0.393 e. The molecule has 0 aromatic rings. The van der Waals surface area contributed by atoms with Crippen LogP contribution in [-0.4, -0.2) is 41.4 Å². The first-order valence-corrected chi connectivity index (χ1v) is 9.74.